The number of hydrogen-bond acceptors (Lipinski definition) is 4. The highest BCUT2D eigenvalue weighted by molar-refractivity contribution is 5.95. The molecule has 3 amide bonds. The van der Waals surface area contributed by atoms with Crippen LogP contribution in [0.5, 0.6) is 0 Å². The number of hydrogen-bond donors (Lipinski definition) is 4. The largest absolute Gasteiger partial charge is 0.390 e. The van der Waals surface area contributed by atoms with Crippen molar-refractivity contribution in [3.8, 4) is 0 Å². The normalized spacial score (nSPS) is 15.5. The predicted molar refractivity (Wildman–Crippen MR) is 122 cm³/mol. The summed E-state index contributed by atoms with van der Waals surface area (Å²) in [6.45, 7) is 6.36. The van der Waals surface area contributed by atoms with Crippen LogP contribution in [0.3, 0.4) is 0 Å². The molecule has 7 nitrogen and oxygen atoms in total. The molecule has 0 aromatic heterocycles. The summed E-state index contributed by atoms with van der Waals surface area (Å²) in [6.07, 6.45) is 1.19. The van der Waals surface area contributed by atoms with E-state index in [0.717, 1.165) is 25.9 Å². The van der Waals surface area contributed by atoms with Gasteiger partial charge in [0.05, 0.1) is 6.10 Å². The first kappa shape index (κ1) is 22.8. The first-order chi connectivity index (χ1) is 14.9. The van der Waals surface area contributed by atoms with E-state index in [4.69, 9.17) is 0 Å². The molecule has 0 saturated carbocycles. The minimum absolute atomic E-state index is 0.113. The summed E-state index contributed by atoms with van der Waals surface area (Å²) in [6, 6.07) is 14.8. The SMILES string of the molecule is CCC(C)NC(=O)c1ccc(NC(=O)NCC(O)CN2CCc3ccccc3C2)cc1. The van der Waals surface area contributed by atoms with Gasteiger partial charge in [0.2, 0.25) is 0 Å². The van der Waals surface area contributed by atoms with Crippen molar-refractivity contribution in [2.45, 2.75) is 45.4 Å². The van der Waals surface area contributed by atoms with Crippen LogP contribution in [0.1, 0.15) is 41.8 Å². The lowest BCUT2D eigenvalue weighted by atomic mass is 10.00. The fourth-order valence-corrected chi connectivity index (χ4v) is 3.57. The number of anilines is 1. The molecule has 7 heteroatoms. The van der Waals surface area contributed by atoms with Crippen molar-refractivity contribution in [2.75, 3.05) is 25.0 Å². The van der Waals surface area contributed by atoms with E-state index < -0.39 is 6.10 Å². The third-order valence-corrected chi connectivity index (χ3v) is 5.57. The second kappa shape index (κ2) is 10.9. The van der Waals surface area contributed by atoms with Crippen molar-refractivity contribution in [3.63, 3.8) is 0 Å². The number of urea groups is 1. The number of amides is 3. The van der Waals surface area contributed by atoms with Crippen LogP contribution in [-0.2, 0) is 13.0 Å². The lowest BCUT2D eigenvalue weighted by Gasteiger charge is -2.30. The molecule has 0 bridgehead atoms. The van der Waals surface area contributed by atoms with Crippen LogP contribution < -0.4 is 16.0 Å². The topological polar surface area (TPSA) is 93.7 Å². The maximum Gasteiger partial charge on any atom is 0.319 e. The Morgan fingerprint density at radius 2 is 1.81 bits per heavy atom. The molecule has 1 aliphatic rings. The molecule has 0 radical (unpaired) electrons. The maximum absolute atomic E-state index is 12.1. The molecule has 2 unspecified atom stereocenters. The molecule has 0 spiro atoms. The van der Waals surface area contributed by atoms with E-state index in [1.807, 2.05) is 19.9 Å². The third kappa shape index (κ3) is 6.80. The van der Waals surface area contributed by atoms with Crippen molar-refractivity contribution >= 4 is 17.6 Å². The van der Waals surface area contributed by atoms with Gasteiger partial charge < -0.3 is 21.1 Å². The van der Waals surface area contributed by atoms with Crippen LogP contribution in [0, 0.1) is 0 Å². The number of carbonyl (C=O) groups excluding carboxylic acids is 2. The molecule has 0 saturated heterocycles. The Morgan fingerprint density at radius 3 is 2.52 bits per heavy atom. The standard InChI is InChI=1S/C24H32N4O3/c1-3-17(2)26-23(30)19-8-10-21(11-9-19)27-24(31)25-14-22(29)16-28-13-12-18-6-4-5-7-20(18)15-28/h4-11,17,22,29H,3,12-16H2,1-2H3,(H,26,30)(H2,25,27,31). The summed E-state index contributed by atoms with van der Waals surface area (Å²) in [5.74, 6) is -0.131. The Kier molecular flexibility index (Phi) is 8.03. The van der Waals surface area contributed by atoms with Crippen LogP contribution >= 0.6 is 0 Å². The van der Waals surface area contributed by atoms with Crippen LogP contribution in [0.15, 0.2) is 48.5 Å². The van der Waals surface area contributed by atoms with Gasteiger partial charge in [-0.05, 0) is 55.2 Å². The van der Waals surface area contributed by atoms with Gasteiger partial charge >= 0.3 is 6.03 Å². The molecule has 2 aromatic carbocycles. The molecule has 2 atom stereocenters. The van der Waals surface area contributed by atoms with E-state index in [0.29, 0.717) is 17.8 Å². The number of nitrogens with one attached hydrogen (secondary N) is 3. The quantitative estimate of drug-likeness (QED) is 0.524. The Bertz CT molecular complexity index is 885. The summed E-state index contributed by atoms with van der Waals surface area (Å²) in [5.41, 5.74) is 3.80. The average Bonchev–Trinajstić information content (AvgIpc) is 2.78. The van der Waals surface area contributed by atoms with E-state index >= 15 is 0 Å². The molecular formula is C24H32N4O3. The fraction of sp³-hybridized carbons (Fsp3) is 0.417. The highest BCUT2D eigenvalue weighted by Crippen LogP contribution is 2.18. The van der Waals surface area contributed by atoms with Crippen molar-refractivity contribution in [1.82, 2.24) is 15.5 Å². The Hall–Kier alpha value is -2.90. The third-order valence-electron chi connectivity index (χ3n) is 5.57. The van der Waals surface area contributed by atoms with E-state index in [1.54, 1.807) is 24.3 Å². The van der Waals surface area contributed by atoms with E-state index in [9.17, 15) is 14.7 Å². The van der Waals surface area contributed by atoms with Gasteiger partial charge in [-0.1, -0.05) is 31.2 Å². The molecule has 166 valence electrons. The molecule has 1 heterocycles. The van der Waals surface area contributed by atoms with Crippen LogP contribution in [0.4, 0.5) is 10.5 Å². The van der Waals surface area contributed by atoms with Crippen LogP contribution in [0.25, 0.3) is 0 Å². The van der Waals surface area contributed by atoms with Gasteiger partial charge in [-0.15, -0.1) is 0 Å². The second-order valence-corrected chi connectivity index (χ2v) is 8.10. The van der Waals surface area contributed by atoms with Crippen molar-refractivity contribution in [3.05, 3.63) is 65.2 Å². The molecule has 0 aliphatic carbocycles. The van der Waals surface area contributed by atoms with Crippen molar-refractivity contribution < 1.29 is 14.7 Å². The van der Waals surface area contributed by atoms with E-state index in [1.165, 1.54) is 11.1 Å². The number of benzene rings is 2. The summed E-state index contributed by atoms with van der Waals surface area (Å²) >= 11 is 0. The van der Waals surface area contributed by atoms with Gasteiger partial charge in [-0.25, -0.2) is 4.79 Å². The van der Waals surface area contributed by atoms with Crippen molar-refractivity contribution in [2.24, 2.45) is 0 Å². The zero-order valence-electron chi connectivity index (χ0n) is 18.2. The molecular weight excluding hydrogens is 392 g/mol. The summed E-state index contributed by atoms with van der Waals surface area (Å²) in [4.78, 5) is 26.5. The van der Waals surface area contributed by atoms with Gasteiger partial charge in [0.15, 0.2) is 0 Å². The highest BCUT2D eigenvalue weighted by atomic mass is 16.3. The number of fused-ring (bicyclic) bond motifs is 1. The zero-order valence-corrected chi connectivity index (χ0v) is 18.2. The van der Waals surface area contributed by atoms with E-state index in [-0.39, 0.29) is 24.5 Å². The van der Waals surface area contributed by atoms with Gasteiger partial charge in [0.25, 0.3) is 5.91 Å². The Labute approximate surface area is 183 Å². The summed E-state index contributed by atoms with van der Waals surface area (Å²) in [7, 11) is 0. The zero-order chi connectivity index (χ0) is 22.2. The Balaban J connectivity index is 1.40. The number of nitrogens with zero attached hydrogens (tertiary/aromatic N) is 1. The molecule has 3 rings (SSSR count). The second-order valence-electron chi connectivity index (χ2n) is 8.10. The number of β-amino-alcohol motifs (C(OH)–C–C–N with tert-alkyl or cyclic N) is 1. The first-order valence-electron chi connectivity index (χ1n) is 10.9. The fourth-order valence-electron chi connectivity index (χ4n) is 3.57. The average molecular weight is 425 g/mol. The Morgan fingerprint density at radius 1 is 1.10 bits per heavy atom. The minimum atomic E-state index is -0.650. The molecule has 1 aliphatic heterocycles. The molecule has 0 fully saturated rings. The van der Waals surface area contributed by atoms with Gasteiger partial charge in [-0.2, -0.15) is 0 Å². The smallest absolute Gasteiger partial charge is 0.319 e. The molecule has 4 N–H and O–H groups in total. The number of rotatable bonds is 8. The van der Waals surface area contributed by atoms with Gasteiger partial charge in [0, 0.05) is 43.5 Å². The number of carbonyl (C=O) groups is 2. The number of aliphatic hydroxyl groups excluding tert-OH is 1. The summed E-state index contributed by atoms with van der Waals surface area (Å²) < 4.78 is 0. The highest BCUT2D eigenvalue weighted by Gasteiger charge is 2.18. The maximum atomic E-state index is 12.1. The lowest BCUT2D eigenvalue weighted by molar-refractivity contribution is 0.0939. The van der Waals surface area contributed by atoms with Gasteiger partial charge in [0.1, 0.15) is 0 Å². The molecule has 2 aromatic rings. The minimum Gasteiger partial charge on any atom is -0.390 e. The van der Waals surface area contributed by atoms with Crippen molar-refractivity contribution in [1.29, 1.82) is 0 Å². The first-order valence-corrected chi connectivity index (χ1v) is 10.9. The number of aliphatic hydroxyl groups is 1. The van der Waals surface area contributed by atoms with Gasteiger partial charge in [-0.3, -0.25) is 9.69 Å². The van der Waals surface area contributed by atoms with Crippen LogP contribution in [-0.4, -0.2) is 53.7 Å². The predicted octanol–water partition coefficient (Wildman–Crippen LogP) is 2.76. The lowest BCUT2D eigenvalue weighted by Crippen LogP contribution is -2.42. The van der Waals surface area contributed by atoms with Crippen LogP contribution in [0.2, 0.25) is 0 Å². The monoisotopic (exact) mass is 424 g/mol. The van der Waals surface area contributed by atoms with E-state index in [2.05, 4.69) is 39.0 Å². The molecule has 31 heavy (non-hydrogen) atoms. The summed E-state index contributed by atoms with van der Waals surface area (Å²) in [5, 5.41) is 18.7.